The quantitative estimate of drug-likeness (QED) is 0.526. The third-order valence-electron chi connectivity index (χ3n) is 3.69. The van der Waals surface area contributed by atoms with Crippen LogP contribution in [0.3, 0.4) is 0 Å². The Bertz CT molecular complexity index is 1130. The number of carbonyl (C=O) groups excluding carboxylic acids is 2. The summed E-state index contributed by atoms with van der Waals surface area (Å²) >= 11 is 1.14. The number of aromatic amines is 1. The van der Waals surface area contributed by atoms with Crippen molar-refractivity contribution in [2.45, 2.75) is 20.0 Å². The number of H-pyrrole nitrogens is 1. The van der Waals surface area contributed by atoms with Crippen LogP contribution in [0.1, 0.15) is 12.6 Å². The third-order valence-corrected chi connectivity index (χ3v) is 4.50. The molecule has 0 bridgehead atoms. The highest BCUT2D eigenvalue weighted by molar-refractivity contribution is 7.13. The van der Waals surface area contributed by atoms with Gasteiger partial charge in [-0.1, -0.05) is 12.1 Å². The summed E-state index contributed by atoms with van der Waals surface area (Å²) in [6.07, 6.45) is 0.00942. The van der Waals surface area contributed by atoms with Crippen LogP contribution >= 0.6 is 11.3 Å². The monoisotopic (exact) mass is 403 g/mol. The van der Waals surface area contributed by atoms with Crippen LogP contribution in [-0.2, 0) is 22.6 Å². The number of urea groups is 1. The molecule has 0 aliphatic rings. The van der Waals surface area contributed by atoms with Crippen LogP contribution in [0.25, 0.3) is 10.9 Å². The van der Waals surface area contributed by atoms with Crippen molar-refractivity contribution in [2.75, 3.05) is 11.9 Å². The summed E-state index contributed by atoms with van der Waals surface area (Å²) in [6.45, 7) is 1.68. The van der Waals surface area contributed by atoms with Crippen molar-refractivity contribution in [1.82, 2.24) is 19.9 Å². The molecular formula is C17H17N5O5S. The Morgan fingerprint density at radius 1 is 1.29 bits per heavy atom. The number of rotatable bonds is 6. The Morgan fingerprint density at radius 2 is 2.07 bits per heavy atom. The number of nitrogens with one attached hydrogen (secondary N) is 3. The highest BCUT2D eigenvalue weighted by Crippen LogP contribution is 2.15. The fourth-order valence-corrected chi connectivity index (χ4v) is 3.15. The van der Waals surface area contributed by atoms with E-state index >= 15 is 0 Å². The Kier molecular flexibility index (Phi) is 5.84. The zero-order chi connectivity index (χ0) is 20.1. The van der Waals surface area contributed by atoms with Gasteiger partial charge in [-0.3, -0.25) is 14.9 Å². The summed E-state index contributed by atoms with van der Waals surface area (Å²) in [4.78, 5) is 54.6. The van der Waals surface area contributed by atoms with Gasteiger partial charge in [-0.25, -0.2) is 19.1 Å². The number of hydrogen-bond acceptors (Lipinski definition) is 7. The Morgan fingerprint density at radius 3 is 2.86 bits per heavy atom. The first-order chi connectivity index (χ1) is 13.5. The highest BCUT2D eigenvalue weighted by atomic mass is 32.1. The number of nitrogens with zero attached hydrogens (tertiary/aromatic N) is 2. The van der Waals surface area contributed by atoms with Crippen LogP contribution < -0.4 is 21.9 Å². The van der Waals surface area contributed by atoms with Crippen molar-refractivity contribution in [2.24, 2.45) is 0 Å². The van der Waals surface area contributed by atoms with Gasteiger partial charge in [0.15, 0.2) is 5.13 Å². The first-order valence-electron chi connectivity index (χ1n) is 8.34. The van der Waals surface area contributed by atoms with E-state index in [9.17, 15) is 19.2 Å². The summed E-state index contributed by atoms with van der Waals surface area (Å²) in [6, 6.07) is 5.96. The van der Waals surface area contributed by atoms with Crippen molar-refractivity contribution in [3.8, 4) is 0 Å². The molecule has 0 radical (unpaired) electrons. The van der Waals surface area contributed by atoms with Crippen LogP contribution in [0.15, 0.2) is 39.2 Å². The molecule has 146 valence electrons. The minimum absolute atomic E-state index is 0.00942. The smallest absolute Gasteiger partial charge is 0.330 e. The maximum Gasteiger partial charge on any atom is 0.330 e. The predicted octanol–water partition coefficient (Wildman–Crippen LogP) is 1.03. The maximum absolute atomic E-state index is 12.4. The van der Waals surface area contributed by atoms with E-state index in [1.165, 1.54) is 0 Å². The zero-order valence-electron chi connectivity index (χ0n) is 14.9. The lowest BCUT2D eigenvalue weighted by atomic mass is 10.2. The second-order valence-corrected chi connectivity index (χ2v) is 6.48. The number of esters is 1. The van der Waals surface area contributed by atoms with Crippen LogP contribution in [-0.4, -0.2) is 33.1 Å². The molecule has 10 nitrogen and oxygen atoms in total. The molecule has 0 saturated carbocycles. The number of anilines is 1. The van der Waals surface area contributed by atoms with E-state index in [1.807, 2.05) is 0 Å². The van der Waals surface area contributed by atoms with E-state index in [4.69, 9.17) is 4.74 Å². The third kappa shape index (κ3) is 4.43. The van der Waals surface area contributed by atoms with Gasteiger partial charge in [0.25, 0.3) is 5.56 Å². The van der Waals surface area contributed by atoms with E-state index in [-0.39, 0.29) is 24.8 Å². The number of benzene rings is 1. The predicted molar refractivity (Wildman–Crippen MR) is 103 cm³/mol. The first-order valence-corrected chi connectivity index (χ1v) is 9.22. The fourth-order valence-electron chi connectivity index (χ4n) is 2.44. The van der Waals surface area contributed by atoms with E-state index in [0.29, 0.717) is 16.6 Å². The standard InChI is InChI=1S/C17H17N5O5S/c1-2-27-13(23)7-10-8-28-16(19-10)21-15(25)18-9-22-14(24)11-5-3-4-6-12(11)20-17(22)26/h3-6,8H,2,7,9H2,1H3,(H,20,26)(H2,18,19,21,25). The SMILES string of the molecule is CCOC(=O)Cc1csc(NC(=O)NCn2c(=O)[nH]c3ccccc3c2=O)n1. The van der Waals surface area contributed by atoms with Gasteiger partial charge in [-0.15, -0.1) is 11.3 Å². The van der Waals surface area contributed by atoms with Crippen molar-refractivity contribution in [3.63, 3.8) is 0 Å². The van der Waals surface area contributed by atoms with Gasteiger partial charge >= 0.3 is 17.7 Å². The van der Waals surface area contributed by atoms with Crippen molar-refractivity contribution in [1.29, 1.82) is 0 Å². The summed E-state index contributed by atoms with van der Waals surface area (Å²) in [5.41, 5.74) is -0.239. The highest BCUT2D eigenvalue weighted by Gasteiger charge is 2.12. The normalized spacial score (nSPS) is 10.6. The average molecular weight is 403 g/mol. The van der Waals surface area contributed by atoms with Crippen LogP contribution in [0.2, 0.25) is 0 Å². The fraction of sp³-hybridized carbons (Fsp3) is 0.235. The van der Waals surface area contributed by atoms with E-state index in [2.05, 4.69) is 20.6 Å². The van der Waals surface area contributed by atoms with E-state index in [0.717, 1.165) is 15.9 Å². The molecule has 0 unspecified atom stereocenters. The number of aromatic nitrogens is 3. The minimum Gasteiger partial charge on any atom is -0.466 e. The molecule has 3 aromatic rings. The molecule has 11 heteroatoms. The largest absolute Gasteiger partial charge is 0.466 e. The summed E-state index contributed by atoms with van der Waals surface area (Å²) in [7, 11) is 0. The molecule has 2 heterocycles. The van der Waals surface area contributed by atoms with Gasteiger partial charge in [0.1, 0.15) is 6.67 Å². The molecule has 0 fully saturated rings. The van der Waals surface area contributed by atoms with E-state index in [1.54, 1.807) is 36.6 Å². The molecule has 28 heavy (non-hydrogen) atoms. The zero-order valence-corrected chi connectivity index (χ0v) is 15.7. The van der Waals surface area contributed by atoms with Gasteiger partial charge in [0.2, 0.25) is 0 Å². The first kappa shape index (κ1) is 19.3. The van der Waals surface area contributed by atoms with Crippen LogP contribution in [0.4, 0.5) is 9.93 Å². The van der Waals surface area contributed by atoms with Gasteiger partial charge < -0.3 is 15.0 Å². The van der Waals surface area contributed by atoms with Gasteiger partial charge in [0, 0.05) is 5.38 Å². The van der Waals surface area contributed by atoms with Crippen LogP contribution in [0, 0.1) is 0 Å². The number of fused-ring (bicyclic) bond motifs is 1. The lowest BCUT2D eigenvalue weighted by Gasteiger charge is -2.08. The summed E-state index contributed by atoms with van der Waals surface area (Å²) in [5.74, 6) is -0.404. The molecule has 0 saturated heterocycles. The molecule has 0 aliphatic carbocycles. The molecule has 3 rings (SSSR count). The molecule has 0 spiro atoms. The number of carbonyl (C=O) groups is 2. The van der Waals surface area contributed by atoms with E-state index < -0.39 is 23.2 Å². The lowest BCUT2D eigenvalue weighted by molar-refractivity contribution is -0.142. The summed E-state index contributed by atoms with van der Waals surface area (Å²) in [5, 5.41) is 7.17. The second kappa shape index (κ2) is 8.48. The van der Waals surface area contributed by atoms with Gasteiger partial charge in [0.05, 0.1) is 29.6 Å². The van der Waals surface area contributed by atoms with Crippen molar-refractivity contribution < 1.29 is 14.3 Å². The summed E-state index contributed by atoms with van der Waals surface area (Å²) < 4.78 is 5.72. The molecule has 1 aromatic carbocycles. The Hall–Kier alpha value is -3.47. The number of thiazole rings is 1. The van der Waals surface area contributed by atoms with Crippen LogP contribution in [0.5, 0.6) is 0 Å². The maximum atomic E-state index is 12.4. The second-order valence-electron chi connectivity index (χ2n) is 5.62. The van der Waals surface area contributed by atoms with Gasteiger partial charge in [-0.05, 0) is 19.1 Å². The molecule has 0 aliphatic heterocycles. The number of amides is 2. The molecule has 0 atom stereocenters. The Labute approximate surface area is 162 Å². The number of para-hydroxylation sites is 1. The lowest BCUT2D eigenvalue weighted by Crippen LogP contribution is -2.42. The van der Waals surface area contributed by atoms with Gasteiger partial charge in [-0.2, -0.15) is 0 Å². The molecule has 2 amide bonds. The molecule has 2 aromatic heterocycles. The number of ether oxygens (including phenoxy) is 1. The Balaban J connectivity index is 1.63. The molecular weight excluding hydrogens is 386 g/mol. The van der Waals surface area contributed by atoms with Crippen molar-refractivity contribution >= 4 is 39.4 Å². The minimum atomic E-state index is -0.642. The van der Waals surface area contributed by atoms with Crippen molar-refractivity contribution in [3.05, 3.63) is 56.2 Å². The number of hydrogen-bond donors (Lipinski definition) is 3. The topological polar surface area (TPSA) is 135 Å². The molecule has 3 N–H and O–H groups in total. The average Bonchev–Trinajstić information content (AvgIpc) is 3.08.